The lowest BCUT2D eigenvalue weighted by Crippen LogP contribution is -2.07. The molecule has 0 radical (unpaired) electrons. The Kier molecular flexibility index (Phi) is 5.93. The number of halogens is 3. The summed E-state index contributed by atoms with van der Waals surface area (Å²) in [7, 11) is 0. The molecule has 1 aliphatic heterocycles. The zero-order valence-electron chi connectivity index (χ0n) is 18.6. The number of phenolic OH excluding ortho intramolecular Hbond substituents is 1. The molecule has 4 aromatic carbocycles. The van der Waals surface area contributed by atoms with Crippen LogP contribution in [0.1, 0.15) is 22.8 Å². The maximum atomic E-state index is 13.2. The van der Waals surface area contributed by atoms with E-state index in [9.17, 15) is 13.9 Å². The van der Waals surface area contributed by atoms with Gasteiger partial charge >= 0.3 is 6.61 Å². The summed E-state index contributed by atoms with van der Waals surface area (Å²) in [5.41, 5.74) is 3.97. The highest BCUT2D eigenvalue weighted by molar-refractivity contribution is 9.10. The highest BCUT2D eigenvalue weighted by Gasteiger charge is 2.28. The Morgan fingerprint density at radius 3 is 2.69 bits per heavy atom. The third-order valence-corrected chi connectivity index (χ3v) is 7.92. The summed E-state index contributed by atoms with van der Waals surface area (Å²) in [6, 6.07) is 23.9. The highest BCUT2D eigenvalue weighted by Crippen LogP contribution is 2.50. The van der Waals surface area contributed by atoms with E-state index in [0.29, 0.717) is 17.6 Å². The molecule has 4 nitrogen and oxygen atoms in total. The maximum Gasteiger partial charge on any atom is 0.387 e. The van der Waals surface area contributed by atoms with Crippen molar-refractivity contribution in [3.63, 3.8) is 0 Å². The van der Waals surface area contributed by atoms with Crippen molar-refractivity contribution in [1.82, 2.24) is 0 Å². The number of para-hydroxylation sites is 2. The van der Waals surface area contributed by atoms with Crippen molar-refractivity contribution in [1.29, 1.82) is 0 Å². The molecular weight excluding hydrogens is 548 g/mol. The van der Waals surface area contributed by atoms with Crippen molar-refractivity contribution in [2.45, 2.75) is 23.2 Å². The third-order valence-electron chi connectivity index (χ3n) is 6.12. The first-order chi connectivity index (χ1) is 17.5. The Labute approximate surface area is 217 Å². The molecule has 1 N–H and O–H groups in total. The quantitative estimate of drug-likeness (QED) is 0.236. The number of ether oxygens (including phenoxy) is 1. The normalized spacial score (nSPS) is 15.7. The zero-order chi connectivity index (χ0) is 24.8. The van der Waals surface area contributed by atoms with E-state index < -0.39 is 6.61 Å². The number of rotatable bonds is 4. The van der Waals surface area contributed by atoms with Gasteiger partial charge in [-0.2, -0.15) is 8.78 Å². The number of fused-ring (bicyclic) bond motifs is 4. The van der Waals surface area contributed by atoms with Crippen molar-refractivity contribution in [3.05, 3.63) is 94.5 Å². The van der Waals surface area contributed by atoms with Crippen LogP contribution in [0.25, 0.3) is 21.9 Å². The molecule has 36 heavy (non-hydrogen) atoms. The number of hydrogen-bond donors (Lipinski definition) is 1. The van der Waals surface area contributed by atoms with Crippen molar-refractivity contribution in [3.8, 4) is 11.5 Å². The third kappa shape index (κ3) is 4.14. The molecule has 2 heterocycles. The molecule has 6 rings (SSSR count). The minimum absolute atomic E-state index is 0.00232. The van der Waals surface area contributed by atoms with Gasteiger partial charge < -0.3 is 14.3 Å². The number of alkyl halides is 2. The smallest absolute Gasteiger partial charge is 0.387 e. The summed E-state index contributed by atoms with van der Waals surface area (Å²) in [4.78, 5) is 5.93. The first-order valence-corrected chi connectivity index (χ1v) is 12.9. The van der Waals surface area contributed by atoms with Gasteiger partial charge in [-0.05, 0) is 48.0 Å². The average Bonchev–Trinajstić information content (AvgIpc) is 3.15. The summed E-state index contributed by atoms with van der Waals surface area (Å²) in [6.07, 6.45) is 0.493. The number of nitrogens with zero attached hydrogens (tertiary/aromatic N) is 1. The number of aromatic hydroxyl groups is 1. The van der Waals surface area contributed by atoms with Gasteiger partial charge in [-0.25, -0.2) is 0 Å². The largest absolute Gasteiger partial charge is 0.507 e. The fourth-order valence-corrected chi connectivity index (χ4v) is 6.20. The molecular formula is C28H18BrF2NO3S. The summed E-state index contributed by atoms with van der Waals surface area (Å²) in [5.74, 6) is 0.136. The van der Waals surface area contributed by atoms with E-state index in [1.165, 1.54) is 6.07 Å². The van der Waals surface area contributed by atoms with E-state index in [1.54, 1.807) is 23.9 Å². The van der Waals surface area contributed by atoms with Crippen molar-refractivity contribution in [2.75, 3.05) is 0 Å². The number of hydrogen-bond acceptors (Lipinski definition) is 5. The van der Waals surface area contributed by atoms with Crippen LogP contribution in [0.5, 0.6) is 11.5 Å². The van der Waals surface area contributed by atoms with Crippen LogP contribution >= 0.6 is 27.7 Å². The van der Waals surface area contributed by atoms with Crippen LogP contribution in [-0.2, 0) is 0 Å². The molecule has 0 aliphatic carbocycles. The Balaban J connectivity index is 1.57. The first-order valence-electron chi connectivity index (χ1n) is 11.2. The topological polar surface area (TPSA) is 55.0 Å². The number of phenols is 1. The monoisotopic (exact) mass is 565 g/mol. The molecule has 0 amide bonds. The van der Waals surface area contributed by atoms with E-state index in [1.807, 2.05) is 60.7 Å². The van der Waals surface area contributed by atoms with Crippen molar-refractivity contribution >= 4 is 61.0 Å². The Bertz CT molecular complexity index is 1650. The lowest BCUT2D eigenvalue weighted by atomic mass is 9.97. The second-order valence-electron chi connectivity index (χ2n) is 8.33. The van der Waals surface area contributed by atoms with Gasteiger partial charge in [0.1, 0.15) is 11.3 Å². The molecule has 1 atom stereocenters. The van der Waals surface area contributed by atoms with Crippen LogP contribution in [-0.4, -0.2) is 17.4 Å². The van der Waals surface area contributed by atoms with Gasteiger partial charge in [0.05, 0.1) is 11.4 Å². The summed E-state index contributed by atoms with van der Waals surface area (Å²) >= 11 is 5.14. The second kappa shape index (κ2) is 9.26. The van der Waals surface area contributed by atoms with E-state index in [4.69, 9.17) is 14.1 Å². The summed E-state index contributed by atoms with van der Waals surface area (Å²) in [6.45, 7) is -2.97. The standard InChI is InChI=1S/C28H18BrF2NO3S/c29-15-9-11-21(33)18(13-15)20-14-25(36-24-8-4-2-6-19(24)32-20)17-10-12-23(35-28(30)31)27-26(17)16-5-1-3-7-22(16)34-27/h1-13,25,28,33H,14H2. The fraction of sp³-hybridized carbons (Fsp3) is 0.107. The molecule has 1 aliphatic rings. The maximum absolute atomic E-state index is 13.2. The van der Waals surface area contributed by atoms with E-state index in [2.05, 4.69) is 15.9 Å². The first kappa shape index (κ1) is 23.1. The van der Waals surface area contributed by atoms with Gasteiger partial charge in [-0.1, -0.05) is 52.3 Å². The van der Waals surface area contributed by atoms with Crippen LogP contribution in [0.15, 0.2) is 97.6 Å². The van der Waals surface area contributed by atoms with Crippen LogP contribution in [0.2, 0.25) is 0 Å². The predicted molar refractivity (Wildman–Crippen MR) is 142 cm³/mol. The Morgan fingerprint density at radius 2 is 1.83 bits per heavy atom. The van der Waals surface area contributed by atoms with Gasteiger partial charge in [-0.15, -0.1) is 11.8 Å². The van der Waals surface area contributed by atoms with E-state index in [-0.39, 0.29) is 22.3 Å². The molecule has 0 fully saturated rings. The molecule has 8 heteroatoms. The Morgan fingerprint density at radius 1 is 1.03 bits per heavy atom. The van der Waals surface area contributed by atoms with Crippen LogP contribution < -0.4 is 4.74 Å². The van der Waals surface area contributed by atoms with Gasteiger partial charge in [0.15, 0.2) is 11.3 Å². The van der Waals surface area contributed by atoms with E-state index in [0.717, 1.165) is 37.1 Å². The SMILES string of the molecule is Oc1ccc(Br)cc1C1=Nc2ccccc2SC(c2ccc(OC(F)F)c3oc4ccccc4c23)C1. The highest BCUT2D eigenvalue weighted by atomic mass is 79.9. The van der Waals surface area contributed by atoms with Crippen molar-refractivity contribution in [2.24, 2.45) is 4.99 Å². The number of aliphatic imine (C=N–C) groups is 1. The van der Waals surface area contributed by atoms with Crippen molar-refractivity contribution < 1.29 is 23.0 Å². The summed E-state index contributed by atoms with van der Waals surface area (Å²) in [5, 5.41) is 12.1. The van der Waals surface area contributed by atoms with Crippen LogP contribution in [0.4, 0.5) is 14.5 Å². The van der Waals surface area contributed by atoms with E-state index >= 15 is 0 Å². The Hall–Kier alpha value is -3.36. The van der Waals surface area contributed by atoms with Gasteiger partial charge in [0, 0.05) is 37.4 Å². The molecule has 180 valence electrons. The molecule has 0 bridgehead atoms. The predicted octanol–water partition coefficient (Wildman–Crippen LogP) is 9.01. The molecule has 5 aromatic rings. The molecule has 1 unspecified atom stereocenters. The fourth-order valence-electron chi connectivity index (χ4n) is 4.58. The lowest BCUT2D eigenvalue weighted by molar-refractivity contribution is -0.0493. The molecule has 1 aromatic heterocycles. The van der Waals surface area contributed by atoms with Crippen LogP contribution in [0, 0.1) is 0 Å². The summed E-state index contributed by atoms with van der Waals surface area (Å²) < 4.78 is 38.0. The molecule has 0 saturated heterocycles. The van der Waals surface area contributed by atoms with Gasteiger partial charge in [0.2, 0.25) is 0 Å². The number of thioether (sulfide) groups is 1. The molecule has 0 saturated carbocycles. The number of benzene rings is 4. The van der Waals surface area contributed by atoms with Gasteiger partial charge in [-0.3, -0.25) is 4.99 Å². The molecule has 0 spiro atoms. The van der Waals surface area contributed by atoms with Crippen LogP contribution in [0.3, 0.4) is 0 Å². The minimum Gasteiger partial charge on any atom is -0.507 e. The second-order valence-corrected chi connectivity index (χ2v) is 10.5. The lowest BCUT2D eigenvalue weighted by Gasteiger charge is -2.18. The average molecular weight is 566 g/mol. The number of furan rings is 1. The van der Waals surface area contributed by atoms with Gasteiger partial charge in [0.25, 0.3) is 0 Å². The zero-order valence-corrected chi connectivity index (χ0v) is 21.0. The minimum atomic E-state index is -2.97.